The van der Waals surface area contributed by atoms with Crippen molar-refractivity contribution in [3.05, 3.63) is 0 Å². The van der Waals surface area contributed by atoms with Crippen LogP contribution in [0.15, 0.2) is 0 Å². The number of rotatable bonds is 5. The van der Waals surface area contributed by atoms with Crippen LogP contribution in [0.5, 0.6) is 0 Å². The molecule has 0 bridgehead atoms. The molecule has 0 aromatic rings. The highest BCUT2D eigenvalue weighted by Crippen LogP contribution is 2.32. The van der Waals surface area contributed by atoms with E-state index in [1.54, 1.807) is 0 Å². The fourth-order valence-electron chi connectivity index (χ4n) is 3.82. The van der Waals surface area contributed by atoms with Gasteiger partial charge in [-0.3, -0.25) is 14.5 Å². The minimum Gasteiger partial charge on any atom is -0.339 e. The SMILES string of the molecule is CC(C)[C@H]1CN(C(=O)CN2CCCC2)CCC(=O)N1CC1CC1. The van der Waals surface area contributed by atoms with Crippen LogP contribution in [0.4, 0.5) is 0 Å². The van der Waals surface area contributed by atoms with Gasteiger partial charge < -0.3 is 9.80 Å². The van der Waals surface area contributed by atoms with Crippen molar-refractivity contribution in [1.82, 2.24) is 14.7 Å². The van der Waals surface area contributed by atoms with E-state index in [1.165, 1.54) is 25.7 Å². The largest absolute Gasteiger partial charge is 0.339 e. The molecule has 1 aliphatic carbocycles. The third-order valence-corrected chi connectivity index (χ3v) is 5.56. The Morgan fingerprint density at radius 1 is 1.17 bits per heavy atom. The Hall–Kier alpha value is -1.10. The van der Waals surface area contributed by atoms with Crippen molar-refractivity contribution in [3.8, 4) is 0 Å². The summed E-state index contributed by atoms with van der Waals surface area (Å²) >= 11 is 0. The standard InChI is InChI=1S/C18H31N3O2/c1-14(2)16-12-20(18(23)13-19-8-3-4-9-19)10-7-17(22)21(16)11-15-5-6-15/h14-16H,3-13H2,1-2H3/t16-/m1/s1. The maximum Gasteiger partial charge on any atom is 0.236 e. The van der Waals surface area contributed by atoms with Crippen molar-refractivity contribution in [3.63, 3.8) is 0 Å². The van der Waals surface area contributed by atoms with Crippen molar-refractivity contribution in [2.75, 3.05) is 39.3 Å². The topological polar surface area (TPSA) is 43.9 Å². The van der Waals surface area contributed by atoms with Gasteiger partial charge in [-0.1, -0.05) is 13.8 Å². The van der Waals surface area contributed by atoms with Crippen LogP contribution in [0.1, 0.15) is 46.0 Å². The van der Waals surface area contributed by atoms with Crippen LogP contribution in [0.2, 0.25) is 0 Å². The van der Waals surface area contributed by atoms with E-state index in [0.29, 0.717) is 37.9 Å². The van der Waals surface area contributed by atoms with E-state index in [9.17, 15) is 9.59 Å². The van der Waals surface area contributed by atoms with Gasteiger partial charge in [0.1, 0.15) is 0 Å². The monoisotopic (exact) mass is 321 g/mol. The Morgan fingerprint density at radius 2 is 1.87 bits per heavy atom. The molecule has 0 aromatic carbocycles. The van der Waals surface area contributed by atoms with Crippen molar-refractivity contribution in [2.45, 2.75) is 52.0 Å². The third-order valence-electron chi connectivity index (χ3n) is 5.56. The van der Waals surface area contributed by atoms with Crippen LogP contribution in [-0.2, 0) is 9.59 Å². The molecule has 2 heterocycles. The zero-order valence-electron chi connectivity index (χ0n) is 14.7. The number of carbonyl (C=O) groups excluding carboxylic acids is 2. The molecular formula is C18H31N3O2. The van der Waals surface area contributed by atoms with Gasteiger partial charge in [0.05, 0.1) is 12.6 Å². The van der Waals surface area contributed by atoms with E-state index in [-0.39, 0.29) is 17.9 Å². The number of hydrogen-bond acceptors (Lipinski definition) is 3. The summed E-state index contributed by atoms with van der Waals surface area (Å²) in [6.45, 7) is 9.16. The summed E-state index contributed by atoms with van der Waals surface area (Å²) in [6.07, 6.45) is 5.41. The molecule has 130 valence electrons. The Morgan fingerprint density at radius 3 is 2.48 bits per heavy atom. The lowest BCUT2D eigenvalue weighted by molar-refractivity contribution is -0.134. The maximum atomic E-state index is 12.7. The highest BCUT2D eigenvalue weighted by molar-refractivity contribution is 5.81. The Balaban J connectivity index is 1.65. The zero-order valence-corrected chi connectivity index (χ0v) is 14.7. The molecule has 0 spiro atoms. The van der Waals surface area contributed by atoms with Crippen molar-refractivity contribution >= 4 is 11.8 Å². The van der Waals surface area contributed by atoms with Gasteiger partial charge in [0.15, 0.2) is 0 Å². The number of hydrogen-bond donors (Lipinski definition) is 0. The normalized spacial score (nSPS) is 26.9. The summed E-state index contributed by atoms with van der Waals surface area (Å²) in [7, 11) is 0. The van der Waals surface area contributed by atoms with E-state index in [4.69, 9.17) is 0 Å². The molecule has 3 rings (SSSR count). The quantitative estimate of drug-likeness (QED) is 0.772. The molecule has 2 aliphatic heterocycles. The second kappa shape index (κ2) is 7.20. The average Bonchev–Trinajstić information content (AvgIpc) is 3.22. The predicted octanol–water partition coefficient (Wildman–Crippen LogP) is 1.58. The van der Waals surface area contributed by atoms with Crippen LogP contribution < -0.4 is 0 Å². The zero-order chi connectivity index (χ0) is 16.4. The fourth-order valence-corrected chi connectivity index (χ4v) is 3.82. The third kappa shape index (κ3) is 4.25. The van der Waals surface area contributed by atoms with Gasteiger partial charge in [0.2, 0.25) is 11.8 Å². The second-order valence-electron chi connectivity index (χ2n) is 7.87. The van der Waals surface area contributed by atoms with Gasteiger partial charge in [-0.25, -0.2) is 0 Å². The molecule has 2 amide bonds. The van der Waals surface area contributed by atoms with Crippen molar-refractivity contribution in [2.24, 2.45) is 11.8 Å². The van der Waals surface area contributed by atoms with Gasteiger partial charge in [0, 0.05) is 26.1 Å². The average molecular weight is 321 g/mol. The molecule has 23 heavy (non-hydrogen) atoms. The fraction of sp³-hybridized carbons (Fsp3) is 0.889. The van der Waals surface area contributed by atoms with E-state index >= 15 is 0 Å². The predicted molar refractivity (Wildman–Crippen MR) is 89.9 cm³/mol. The molecular weight excluding hydrogens is 290 g/mol. The van der Waals surface area contributed by atoms with E-state index in [2.05, 4.69) is 23.6 Å². The molecule has 1 atom stereocenters. The molecule has 3 fully saturated rings. The molecule has 1 saturated carbocycles. The van der Waals surface area contributed by atoms with E-state index in [0.717, 1.165) is 19.6 Å². The summed E-state index contributed by atoms with van der Waals surface area (Å²) < 4.78 is 0. The van der Waals surface area contributed by atoms with Crippen LogP contribution in [0.25, 0.3) is 0 Å². The smallest absolute Gasteiger partial charge is 0.236 e. The Labute approximate surface area is 140 Å². The van der Waals surface area contributed by atoms with Crippen LogP contribution in [0.3, 0.4) is 0 Å². The molecule has 0 aromatic heterocycles. The highest BCUT2D eigenvalue weighted by atomic mass is 16.2. The summed E-state index contributed by atoms with van der Waals surface area (Å²) in [6, 6.07) is 0.174. The number of amides is 2. The second-order valence-corrected chi connectivity index (χ2v) is 7.87. The lowest BCUT2D eigenvalue weighted by Crippen LogP contribution is -2.49. The molecule has 0 unspecified atom stereocenters. The van der Waals surface area contributed by atoms with Crippen molar-refractivity contribution < 1.29 is 9.59 Å². The van der Waals surface area contributed by atoms with Gasteiger partial charge in [-0.2, -0.15) is 0 Å². The van der Waals surface area contributed by atoms with E-state index in [1.807, 2.05) is 4.90 Å². The van der Waals surface area contributed by atoms with Gasteiger partial charge in [0.25, 0.3) is 0 Å². The summed E-state index contributed by atoms with van der Waals surface area (Å²) in [4.78, 5) is 31.6. The molecule has 0 N–H and O–H groups in total. The minimum atomic E-state index is 0.174. The first-order chi connectivity index (χ1) is 11.0. The number of nitrogens with zero attached hydrogens (tertiary/aromatic N) is 3. The number of carbonyl (C=O) groups is 2. The van der Waals surface area contributed by atoms with Gasteiger partial charge in [-0.15, -0.1) is 0 Å². The lowest BCUT2D eigenvalue weighted by Gasteiger charge is -2.35. The first-order valence-electron chi connectivity index (χ1n) is 9.34. The Kier molecular flexibility index (Phi) is 5.24. The minimum absolute atomic E-state index is 0.174. The summed E-state index contributed by atoms with van der Waals surface area (Å²) in [5.41, 5.74) is 0. The van der Waals surface area contributed by atoms with Gasteiger partial charge in [-0.05, 0) is 50.6 Å². The van der Waals surface area contributed by atoms with Crippen molar-refractivity contribution in [1.29, 1.82) is 0 Å². The maximum absolute atomic E-state index is 12.7. The first kappa shape index (κ1) is 16.7. The van der Waals surface area contributed by atoms with Gasteiger partial charge >= 0.3 is 0 Å². The summed E-state index contributed by atoms with van der Waals surface area (Å²) in [5.74, 6) is 1.54. The van der Waals surface area contributed by atoms with Crippen LogP contribution in [0, 0.1) is 11.8 Å². The molecule has 3 aliphatic rings. The molecule has 5 nitrogen and oxygen atoms in total. The number of likely N-dealkylation sites (tertiary alicyclic amines) is 1. The molecule has 5 heteroatoms. The lowest BCUT2D eigenvalue weighted by atomic mass is 10.0. The highest BCUT2D eigenvalue weighted by Gasteiger charge is 2.36. The summed E-state index contributed by atoms with van der Waals surface area (Å²) in [5, 5.41) is 0. The van der Waals surface area contributed by atoms with E-state index < -0.39 is 0 Å². The van der Waals surface area contributed by atoms with Crippen LogP contribution >= 0.6 is 0 Å². The first-order valence-corrected chi connectivity index (χ1v) is 9.34. The Bertz CT molecular complexity index is 442. The van der Waals surface area contributed by atoms with Crippen LogP contribution in [-0.4, -0.2) is 71.8 Å². The molecule has 2 saturated heterocycles. The molecule has 0 radical (unpaired) electrons.